The molecule has 2 aromatic rings. The second-order valence-electron chi connectivity index (χ2n) is 2.47. The van der Waals surface area contributed by atoms with Crippen LogP contribution in [0, 0.1) is 11.8 Å². The molecule has 0 aliphatic rings. The van der Waals surface area contributed by atoms with E-state index in [2.05, 4.69) is 4.98 Å². The van der Waals surface area contributed by atoms with Gasteiger partial charge in [0.1, 0.15) is 5.82 Å². The van der Waals surface area contributed by atoms with Crippen molar-refractivity contribution in [3.05, 3.63) is 42.1 Å². The predicted octanol–water partition coefficient (Wildman–Crippen LogP) is 2.51. The Bertz CT molecular complexity index is 385. The van der Waals surface area contributed by atoms with E-state index in [1.54, 1.807) is 0 Å². The quantitative estimate of drug-likeness (QED) is 0.546. The van der Waals surface area contributed by atoms with Gasteiger partial charge in [-0.2, -0.15) is 4.39 Å². The van der Waals surface area contributed by atoms with Crippen molar-refractivity contribution in [1.82, 2.24) is 4.98 Å². The van der Waals surface area contributed by atoms with Crippen molar-refractivity contribution >= 4 is 10.9 Å². The van der Waals surface area contributed by atoms with Crippen molar-refractivity contribution in [3.8, 4) is 0 Å². The Morgan fingerprint density at radius 3 is 2.67 bits per heavy atom. The molecule has 0 aliphatic heterocycles. The number of fused-ring (bicyclic) bond motifs is 1. The average molecular weight is 165 g/mol. The van der Waals surface area contributed by atoms with E-state index < -0.39 is 5.95 Å². The van der Waals surface area contributed by atoms with Gasteiger partial charge in [-0.25, -0.2) is 9.37 Å². The molecule has 1 heterocycles. The van der Waals surface area contributed by atoms with Gasteiger partial charge in [0.2, 0.25) is 5.95 Å². The number of halogens is 2. The number of nitrogens with zero attached hydrogens (tertiary/aromatic N) is 1. The SMILES string of the molecule is Fc1ccc2nc(F)ccc2c1. The fourth-order valence-corrected chi connectivity index (χ4v) is 1.07. The summed E-state index contributed by atoms with van der Waals surface area (Å²) in [7, 11) is 0. The van der Waals surface area contributed by atoms with Crippen LogP contribution in [0.4, 0.5) is 8.78 Å². The molecule has 1 aromatic heterocycles. The summed E-state index contributed by atoms with van der Waals surface area (Å²) in [4.78, 5) is 3.58. The van der Waals surface area contributed by atoms with Gasteiger partial charge in [0.25, 0.3) is 0 Å². The molecule has 0 amide bonds. The van der Waals surface area contributed by atoms with Crippen molar-refractivity contribution < 1.29 is 8.78 Å². The lowest BCUT2D eigenvalue weighted by atomic mass is 10.2. The summed E-state index contributed by atoms with van der Waals surface area (Å²) in [5, 5.41) is 0.608. The monoisotopic (exact) mass is 165 g/mol. The molecule has 60 valence electrons. The Hall–Kier alpha value is -1.51. The molecular formula is C9H5F2N. The molecule has 3 heteroatoms. The van der Waals surface area contributed by atoms with Gasteiger partial charge in [0.05, 0.1) is 5.52 Å². The maximum atomic E-state index is 12.6. The fourth-order valence-electron chi connectivity index (χ4n) is 1.07. The Balaban J connectivity index is 2.79. The number of pyridine rings is 1. The third-order valence-corrected chi connectivity index (χ3v) is 1.62. The maximum Gasteiger partial charge on any atom is 0.213 e. The van der Waals surface area contributed by atoms with Crippen molar-refractivity contribution in [3.63, 3.8) is 0 Å². The van der Waals surface area contributed by atoms with E-state index in [-0.39, 0.29) is 5.82 Å². The van der Waals surface area contributed by atoms with Gasteiger partial charge in [0.15, 0.2) is 0 Å². The molecule has 0 unspecified atom stereocenters. The van der Waals surface area contributed by atoms with Crippen molar-refractivity contribution in [2.45, 2.75) is 0 Å². The molecular weight excluding hydrogens is 160 g/mol. The smallest absolute Gasteiger partial charge is 0.213 e. The summed E-state index contributed by atoms with van der Waals surface area (Å²) in [6.45, 7) is 0. The largest absolute Gasteiger partial charge is 0.220 e. The minimum absolute atomic E-state index is 0.337. The van der Waals surface area contributed by atoms with Crippen LogP contribution in [-0.2, 0) is 0 Å². The van der Waals surface area contributed by atoms with E-state index in [4.69, 9.17) is 0 Å². The van der Waals surface area contributed by atoms with E-state index in [1.165, 1.54) is 30.3 Å². The standard InChI is InChI=1S/C9H5F2N/c10-7-2-3-8-6(5-7)1-4-9(11)12-8/h1-5H. The predicted molar refractivity (Wildman–Crippen MR) is 41.7 cm³/mol. The van der Waals surface area contributed by atoms with Gasteiger partial charge in [-0.3, -0.25) is 0 Å². The normalized spacial score (nSPS) is 10.5. The number of hydrogen-bond donors (Lipinski definition) is 0. The van der Waals surface area contributed by atoms with Gasteiger partial charge >= 0.3 is 0 Å². The lowest BCUT2D eigenvalue weighted by Gasteiger charge is -1.95. The average Bonchev–Trinajstić information content (AvgIpc) is 2.05. The first-order chi connectivity index (χ1) is 5.75. The molecule has 2 rings (SSSR count). The van der Waals surface area contributed by atoms with Crippen LogP contribution in [0.2, 0.25) is 0 Å². The molecule has 0 N–H and O–H groups in total. The third-order valence-electron chi connectivity index (χ3n) is 1.62. The molecule has 12 heavy (non-hydrogen) atoms. The van der Waals surface area contributed by atoms with Gasteiger partial charge in [0, 0.05) is 5.39 Å². The fraction of sp³-hybridized carbons (Fsp3) is 0. The van der Waals surface area contributed by atoms with Crippen molar-refractivity contribution in [2.24, 2.45) is 0 Å². The van der Waals surface area contributed by atoms with Crippen LogP contribution < -0.4 is 0 Å². The van der Waals surface area contributed by atoms with Crippen molar-refractivity contribution in [1.29, 1.82) is 0 Å². The third kappa shape index (κ3) is 1.13. The van der Waals surface area contributed by atoms with Crippen LogP contribution >= 0.6 is 0 Å². The summed E-state index contributed by atoms with van der Waals surface area (Å²) in [6, 6.07) is 6.74. The van der Waals surface area contributed by atoms with Crippen LogP contribution in [-0.4, -0.2) is 4.98 Å². The highest BCUT2D eigenvalue weighted by molar-refractivity contribution is 5.78. The van der Waals surface area contributed by atoms with Gasteiger partial charge < -0.3 is 0 Å². The number of rotatable bonds is 0. The van der Waals surface area contributed by atoms with Crippen LogP contribution in [0.5, 0.6) is 0 Å². The highest BCUT2D eigenvalue weighted by Crippen LogP contribution is 2.13. The second kappa shape index (κ2) is 2.52. The van der Waals surface area contributed by atoms with Crippen LogP contribution in [0.25, 0.3) is 10.9 Å². The molecule has 0 saturated carbocycles. The molecule has 0 atom stereocenters. The van der Waals surface area contributed by atoms with Crippen molar-refractivity contribution in [2.75, 3.05) is 0 Å². The van der Waals surface area contributed by atoms with E-state index >= 15 is 0 Å². The summed E-state index contributed by atoms with van der Waals surface area (Å²) in [5.74, 6) is -0.884. The van der Waals surface area contributed by atoms with Crippen LogP contribution in [0.15, 0.2) is 30.3 Å². The topological polar surface area (TPSA) is 12.9 Å². The Morgan fingerprint density at radius 2 is 1.83 bits per heavy atom. The van der Waals surface area contributed by atoms with Gasteiger partial charge in [-0.1, -0.05) is 0 Å². The molecule has 1 nitrogen and oxygen atoms in total. The van der Waals surface area contributed by atoms with Gasteiger partial charge in [-0.15, -0.1) is 0 Å². The highest BCUT2D eigenvalue weighted by atomic mass is 19.1. The molecule has 0 saturated heterocycles. The molecule has 0 aliphatic carbocycles. The summed E-state index contributed by atoms with van der Waals surface area (Å²) in [5.41, 5.74) is 0.469. The summed E-state index contributed by atoms with van der Waals surface area (Å²) < 4.78 is 25.1. The number of hydrogen-bond acceptors (Lipinski definition) is 1. The zero-order valence-corrected chi connectivity index (χ0v) is 6.09. The summed E-state index contributed by atoms with van der Waals surface area (Å²) in [6.07, 6.45) is 0. The van der Waals surface area contributed by atoms with Crippen LogP contribution in [0.3, 0.4) is 0 Å². The first-order valence-electron chi connectivity index (χ1n) is 3.47. The van der Waals surface area contributed by atoms with Gasteiger partial charge in [-0.05, 0) is 30.3 Å². The zero-order valence-electron chi connectivity index (χ0n) is 6.09. The molecule has 0 spiro atoms. The first kappa shape index (κ1) is 7.16. The zero-order chi connectivity index (χ0) is 8.55. The minimum Gasteiger partial charge on any atom is -0.220 e. The van der Waals surface area contributed by atoms with E-state index in [1.807, 2.05) is 0 Å². The Labute approximate surface area is 67.7 Å². The second-order valence-corrected chi connectivity index (χ2v) is 2.47. The lowest BCUT2D eigenvalue weighted by Crippen LogP contribution is -1.84. The highest BCUT2D eigenvalue weighted by Gasteiger charge is 1.97. The Kier molecular flexibility index (Phi) is 1.50. The molecule has 0 fully saturated rings. The van der Waals surface area contributed by atoms with E-state index in [9.17, 15) is 8.78 Å². The number of aromatic nitrogens is 1. The Morgan fingerprint density at radius 1 is 1.00 bits per heavy atom. The van der Waals surface area contributed by atoms with E-state index in [0.29, 0.717) is 10.9 Å². The lowest BCUT2D eigenvalue weighted by molar-refractivity contribution is 0.588. The summed E-state index contributed by atoms with van der Waals surface area (Å²) >= 11 is 0. The first-order valence-corrected chi connectivity index (χ1v) is 3.47. The molecule has 0 radical (unpaired) electrons. The van der Waals surface area contributed by atoms with E-state index in [0.717, 1.165) is 0 Å². The molecule has 0 bridgehead atoms. The minimum atomic E-state index is -0.547. The number of benzene rings is 1. The molecule has 1 aromatic carbocycles. The van der Waals surface area contributed by atoms with Crippen LogP contribution in [0.1, 0.15) is 0 Å². The maximum absolute atomic E-state index is 12.6.